The van der Waals surface area contributed by atoms with Crippen LogP contribution >= 0.6 is 0 Å². The topological polar surface area (TPSA) is 29.1 Å². The number of aryl methyl sites for hydroxylation is 2. The average Bonchev–Trinajstić information content (AvgIpc) is 2.42. The summed E-state index contributed by atoms with van der Waals surface area (Å²) in [6.45, 7) is 5.97. The van der Waals surface area contributed by atoms with Gasteiger partial charge < -0.3 is 5.32 Å². The van der Waals surface area contributed by atoms with Crippen LogP contribution in [0.5, 0.6) is 0 Å². The number of hydrogen-bond acceptors (Lipinski definition) is 1. The summed E-state index contributed by atoms with van der Waals surface area (Å²) in [6.07, 6.45) is 0. The first-order chi connectivity index (χ1) is 9.49. The molecule has 3 heteroatoms. The Labute approximate surface area is 118 Å². The van der Waals surface area contributed by atoms with Gasteiger partial charge in [0.15, 0.2) is 0 Å². The van der Waals surface area contributed by atoms with E-state index in [0.717, 1.165) is 5.56 Å². The second-order valence-electron chi connectivity index (χ2n) is 5.02. The van der Waals surface area contributed by atoms with E-state index >= 15 is 0 Å². The van der Waals surface area contributed by atoms with Crippen molar-refractivity contribution in [1.82, 2.24) is 5.32 Å². The van der Waals surface area contributed by atoms with Crippen molar-refractivity contribution < 1.29 is 9.18 Å². The van der Waals surface area contributed by atoms with Crippen LogP contribution in [0.3, 0.4) is 0 Å². The lowest BCUT2D eigenvalue weighted by Gasteiger charge is -2.16. The first-order valence-corrected chi connectivity index (χ1v) is 6.61. The second-order valence-corrected chi connectivity index (χ2v) is 5.02. The Morgan fingerprint density at radius 3 is 2.45 bits per heavy atom. The van der Waals surface area contributed by atoms with Crippen LogP contribution in [0.1, 0.15) is 40.0 Å². The van der Waals surface area contributed by atoms with Crippen molar-refractivity contribution in [2.45, 2.75) is 26.8 Å². The Morgan fingerprint density at radius 1 is 1.10 bits per heavy atom. The number of carbonyl (C=O) groups excluding carboxylic acids is 1. The van der Waals surface area contributed by atoms with E-state index in [1.807, 2.05) is 39.0 Å². The zero-order valence-electron chi connectivity index (χ0n) is 11.9. The van der Waals surface area contributed by atoms with Gasteiger partial charge in [0, 0.05) is 0 Å². The summed E-state index contributed by atoms with van der Waals surface area (Å²) < 4.78 is 13.5. The van der Waals surface area contributed by atoms with Crippen molar-refractivity contribution in [1.29, 1.82) is 0 Å². The molecular weight excluding hydrogens is 253 g/mol. The van der Waals surface area contributed by atoms with Crippen molar-refractivity contribution in [2.24, 2.45) is 0 Å². The molecule has 2 nitrogen and oxygen atoms in total. The Hall–Kier alpha value is -2.16. The first-order valence-electron chi connectivity index (χ1n) is 6.61. The molecule has 20 heavy (non-hydrogen) atoms. The summed E-state index contributed by atoms with van der Waals surface area (Å²) in [6, 6.07) is 11.9. The van der Waals surface area contributed by atoms with E-state index < -0.39 is 11.7 Å². The lowest BCUT2D eigenvalue weighted by atomic mass is 10.0. The Bertz CT molecular complexity index is 637. The highest BCUT2D eigenvalue weighted by molar-refractivity contribution is 5.94. The Morgan fingerprint density at radius 2 is 1.80 bits per heavy atom. The van der Waals surface area contributed by atoms with Gasteiger partial charge in [0.25, 0.3) is 5.91 Å². The SMILES string of the molecule is Cc1ccc([C@@H](C)NC(=O)c2ccccc2F)cc1C. The van der Waals surface area contributed by atoms with Crippen molar-refractivity contribution >= 4 is 5.91 Å². The van der Waals surface area contributed by atoms with E-state index in [1.165, 1.54) is 23.3 Å². The minimum absolute atomic E-state index is 0.0724. The van der Waals surface area contributed by atoms with Crippen molar-refractivity contribution in [2.75, 3.05) is 0 Å². The van der Waals surface area contributed by atoms with Gasteiger partial charge in [-0.1, -0.05) is 30.3 Å². The molecule has 2 aromatic carbocycles. The van der Waals surface area contributed by atoms with Crippen LogP contribution in [-0.2, 0) is 0 Å². The minimum Gasteiger partial charge on any atom is -0.345 e. The largest absolute Gasteiger partial charge is 0.345 e. The molecule has 0 saturated heterocycles. The van der Waals surface area contributed by atoms with E-state index in [9.17, 15) is 9.18 Å². The number of nitrogens with one attached hydrogen (secondary N) is 1. The molecule has 0 unspecified atom stereocenters. The van der Waals surface area contributed by atoms with Gasteiger partial charge in [-0.25, -0.2) is 4.39 Å². The molecule has 0 saturated carbocycles. The van der Waals surface area contributed by atoms with Gasteiger partial charge in [0.05, 0.1) is 11.6 Å². The Kier molecular flexibility index (Phi) is 4.18. The molecule has 2 rings (SSSR count). The van der Waals surface area contributed by atoms with Gasteiger partial charge in [0.2, 0.25) is 0 Å². The van der Waals surface area contributed by atoms with Gasteiger partial charge in [0.1, 0.15) is 5.82 Å². The predicted octanol–water partition coefficient (Wildman–Crippen LogP) is 3.93. The first kappa shape index (κ1) is 14.3. The number of benzene rings is 2. The fourth-order valence-corrected chi connectivity index (χ4v) is 2.04. The number of carbonyl (C=O) groups is 1. The summed E-state index contributed by atoms with van der Waals surface area (Å²) in [7, 11) is 0. The van der Waals surface area contributed by atoms with Crippen molar-refractivity contribution in [3.05, 3.63) is 70.5 Å². The molecule has 0 aromatic heterocycles. The maximum atomic E-state index is 13.5. The number of hydrogen-bond donors (Lipinski definition) is 1. The molecule has 1 amide bonds. The second kappa shape index (κ2) is 5.87. The zero-order valence-corrected chi connectivity index (χ0v) is 11.9. The summed E-state index contributed by atoms with van der Waals surface area (Å²) in [5.74, 6) is -0.897. The van der Waals surface area contributed by atoms with Gasteiger partial charge in [-0.15, -0.1) is 0 Å². The minimum atomic E-state index is -0.503. The maximum Gasteiger partial charge on any atom is 0.254 e. The number of rotatable bonds is 3. The molecular formula is C17H18FNO. The van der Waals surface area contributed by atoms with Crippen LogP contribution in [0.4, 0.5) is 4.39 Å². The molecule has 1 atom stereocenters. The number of amides is 1. The maximum absolute atomic E-state index is 13.5. The van der Waals surface area contributed by atoms with Crippen LogP contribution in [0.15, 0.2) is 42.5 Å². The standard InChI is InChI=1S/C17H18FNO/c1-11-8-9-14(10-12(11)2)13(3)19-17(20)15-6-4-5-7-16(15)18/h4-10,13H,1-3H3,(H,19,20)/t13-/m1/s1. The highest BCUT2D eigenvalue weighted by Gasteiger charge is 2.14. The molecule has 0 spiro atoms. The fraction of sp³-hybridized carbons (Fsp3) is 0.235. The van der Waals surface area contributed by atoms with Crippen LogP contribution in [0.2, 0.25) is 0 Å². The average molecular weight is 271 g/mol. The third-order valence-electron chi connectivity index (χ3n) is 3.50. The fourth-order valence-electron chi connectivity index (χ4n) is 2.04. The Balaban J connectivity index is 2.15. The zero-order chi connectivity index (χ0) is 14.7. The summed E-state index contributed by atoms with van der Waals surface area (Å²) in [5.41, 5.74) is 3.47. The van der Waals surface area contributed by atoms with Crippen LogP contribution < -0.4 is 5.32 Å². The molecule has 104 valence electrons. The van der Waals surface area contributed by atoms with E-state index in [4.69, 9.17) is 0 Å². The van der Waals surface area contributed by atoms with E-state index in [-0.39, 0.29) is 11.6 Å². The molecule has 0 aliphatic carbocycles. The van der Waals surface area contributed by atoms with Crippen LogP contribution in [0, 0.1) is 19.7 Å². The van der Waals surface area contributed by atoms with Crippen LogP contribution in [0.25, 0.3) is 0 Å². The van der Waals surface area contributed by atoms with Gasteiger partial charge in [-0.05, 0) is 49.6 Å². The molecule has 2 aromatic rings. The number of halogens is 1. The predicted molar refractivity (Wildman–Crippen MR) is 78.2 cm³/mol. The van der Waals surface area contributed by atoms with E-state index in [1.54, 1.807) is 12.1 Å². The molecule has 0 fully saturated rings. The van der Waals surface area contributed by atoms with Crippen LogP contribution in [-0.4, -0.2) is 5.91 Å². The molecule has 0 bridgehead atoms. The van der Waals surface area contributed by atoms with E-state index in [0.29, 0.717) is 0 Å². The summed E-state index contributed by atoms with van der Waals surface area (Å²) in [5, 5.41) is 2.82. The quantitative estimate of drug-likeness (QED) is 0.900. The lowest BCUT2D eigenvalue weighted by molar-refractivity contribution is 0.0936. The normalized spacial score (nSPS) is 12.0. The van der Waals surface area contributed by atoms with Gasteiger partial charge >= 0.3 is 0 Å². The molecule has 1 N–H and O–H groups in total. The molecule has 0 radical (unpaired) electrons. The van der Waals surface area contributed by atoms with E-state index in [2.05, 4.69) is 5.32 Å². The third kappa shape index (κ3) is 3.05. The third-order valence-corrected chi connectivity index (χ3v) is 3.50. The highest BCUT2D eigenvalue weighted by Crippen LogP contribution is 2.17. The van der Waals surface area contributed by atoms with Gasteiger partial charge in [-0.3, -0.25) is 4.79 Å². The molecule has 0 aliphatic rings. The monoisotopic (exact) mass is 271 g/mol. The lowest BCUT2D eigenvalue weighted by Crippen LogP contribution is -2.27. The summed E-state index contributed by atoms with van der Waals surface area (Å²) in [4.78, 5) is 12.0. The molecule has 0 heterocycles. The highest BCUT2D eigenvalue weighted by atomic mass is 19.1. The smallest absolute Gasteiger partial charge is 0.254 e. The summed E-state index contributed by atoms with van der Waals surface area (Å²) >= 11 is 0. The van der Waals surface area contributed by atoms with Crippen molar-refractivity contribution in [3.63, 3.8) is 0 Å². The molecule has 0 aliphatic heterocycles. The van der Waals surface area contributed by atoms with Gasteiger partial charge in [-0.2, -0.15) is 0 Å². The van der Waals surface area contributed by atoms with Crippen molar-refractivity contribution in [3.8, 4) is 0 Å².